The van der Waals surface area contributed by atoms with E-state index in [-0.39, 0.29) is 5.41 Å². The summed E-state index contributed by atoms with van der Waals surface area (Å²) in [7, 11) is 0. The molecule has 3 fully saturated rings. The number of ketones is 1. The molecule has 144 valence electrons. The van der Waals surface area contributed by atoms with E-state index in [9.17, 15) is 4.79 Å². The minimum absolute atomic E-state index is 0.0794. The Labute approximate surface area is 163 Å². The van der Waals surface area contributed by atoms with Crippen LogP contribution >= 0.6 is 0 Å². The van der Waals surface area contributed by atoms with Gasteiger partial charge in [0.2, 0.25) is 0 Å². The molecule has 0 aromatic heterocycles. The molecule has 0 N–H and O–H groups in total. The van der Waals surface area contributed by atoms with Gasteiger partial charge in [0.1, 0.15) is 0 Å². The maximum absolute atomic E-state index is 12.4. The van der Waals surface area contributed by atoms with Crippen molar-refractivity contribution in [2.24, 2.45) is 35.0 Å². The summed E-state index contributed by atoms with van der Waals surface area (Å²) in [4.78, 5) is 12.4. The van der Waals surface area contributed by atoms with Gasteiger partial charge in [-0.05, 0) is 86.2 Å². The first kappa shape index (κ1) is 17.7. The van der Waals surface area contributed by atoms with Crippen LogP contribution in [0, 0.1) is 35.0 Å². The van der Waals surface area contributed by atoms with Crippen LogP contribution in [0.15, 0.2) is 42.5 Å². The van der Waals surface area contributed by atoms with Gasteiger partial charge in [-0.1, -0.05) is 43.3 Å². The number of hydrogen-bond donors (Lipinski definition) is 0. The van der Waals surface area contributed by atoms with Crippen LogP contribution in [0.1, 0.15) is 57.4 Å². The molecular weight excluding hydrogens is 332 g/mol. The molecule has 0 saturated heterocycles. The van der Waals surface area contributed by atoms with Crippen molar-refractivity contribution in [2.45, 2.75) is 64.6 Å². The Morgan fingerprint density at radius 2 is 1.81 bits per heavy atom. The quantitative estimate of drug-likeness (QED) is 0.701. The summed E-state index contributed by atoms with van der Waals surface area (Å²) in [5.41, 5.74) is 1.21. The molecule has 2 nitrogen and oxygen atoms in total. The minimum atomic E-state index is -0.0794. The van der Waals surface area contributed by atoms with E-state index in [1.807, 2.05) is 6.08 Å². The average Bonchev–Trinajstić information content (AvgIpc) is 3.01. The Kier molecular flexibility index (Phi) is 4.50. The fraction of sp³-hybridized carbons (Fsp3) is 0.640. The van der Waals surface area contributed by atoms with Gasteiger partial charge < -0.3 is 4.74 Å². The van der Waals surface area contributed by atoms with Gasteiger partial charge in [0.05, 0.1) is 12.7 Å². The molecule has 4 aliphatic rings. The Morgan fingerprint density at radius 1 is 1.00 bits per heavy atom. The van der Waals surface area contributed by atoms with Gasteiger partial charge in [-0.2, -0.15) is 0 Å². The molecule has 3 saturated carbocycles. The van der Waals surface area contributed by atoms with Gasteiger partial charge in [-0.15, -0.1) is 0 Å². The number of fused-ring (bicyclic) bond motifs is 5. The van der Waals surface area contributed by atoms with Gasteiger partial charge in [0.15, 0.2) is 5.78 Å². The second-order valence-electron chi connectivity index (χ2n) is 9.77. The number of carbonyl (C=O) groups excluding carboxylic acids is 1. The third-order valence-electron chi connectivity index (χ3n) is 8.50. The zero-order valence-electron chi connectivity index (χ0n) is 16.5. The predicted molar refractivity (Wildman–Crippen MR) is 107 cm³/mol. The third-order valence-corrected chi connectivity index (χ3v) is 8.50. The number of rotatable bonds is 3. The number of allylic oxidation sites excluding steroid dienone is 2. The predicted octanol–water partition coefficient (Wildman–Crippen LogP) is 5.57. The van der Waals surface area contributed by atoms with Crippen LogP contribution in [-0.2, 0) is 16.1 Å². The van der Waals surface area contributed by atoms with Crippen LogP contribution in [0.3, 0.4) is 0 Å². The lowest BCUT2D eigenvalue weighted by Crippen LogP contribution is -2.49. The summed E-state index contributed by atoms with van der Waals surface area (Å²) in [6.45, 7) is 2.99. The number of carbonyl (C=O) groups is 1. The molecule has 0 bridgehead atoms. The molecule has 0 aliphatic heterocycles. The number of hydrogen-bond acceptors (Lipinski definition) is 2. The highest BCUT2D eigenvalue weighted by atomic mass is 16.5. The van der Waals surface area contributed by atoms with Crippen LogP contribution < -0.4 is 0 Å². The molecule has 1 aromatic carbocycles. The van der Waals surface area contributed by atoms with Crippen molar-refractivity contribution in [2.75, 3.05) is 0 Å². The summed E-state index contributed by atoms with van der Waals surface area (Å²) in [6, 6.07) is 10.6. The lowest BCUT2D eigenvalue weighted by atomic mass is 9.50. The molecule has 7 atom stereocenters. The summed E-state index contributed by atoms with van der Waals surface area (Å²) >= 11 is 0. The van der Waals surface area contributed by atoms with Crippen molar-refractivity contribution < 1.29 is 9.53 Å². The van der Waals surface area contributed by atoms with Crippen molar-refractivity contribution >= 4 is 5.78 Å². The van der Waals surface area contributed by atoms with Crippen LogP contribution in [-0.4, -0.2) is 11.9 Å². The van der Waals surface area contributed by atoms with Crippen molar-refractivity contribution in [1.82, 2.24) is 0 Å². The number of ether oxygens (including phenoxy) is 1. The highest BCUT2D eigenvalue weighted by Gasteiger charge is 2.55. The van der Waals surface area contributed by atoms with Crippen LogP contribution in [0.2, 0.25) is 0 Å². The molecule has 5 rings (SSSR count). The van der Waals surface area contributed by atoms with Crippen LogP contribution in [0.25, 0.3) is 0 Å². The largest absolute Gasteiger partial charge is 0.374 e. The molecule has 0 unspecified atom stereocenters. The zero-order valence-corrected chi connectivity index (χ0v) is 16.5. The van der Waals surface area contributed by atoms with Crippen molar-refractivity contribution in [3.8, 4) is 0 Å². The van der Waals surface area contributed by atoms with E-state index in [1.165, 1.54) is 44.1 Å². The molecule has 0 heterocycles. The molecule has 1 aromatic rings. The van der Waals surface area contributed by atoms with E-state index < -0.39 is 0 Å². The fourth-order valence-electron chi connectivity index (χ4n) is 7.02. The topological polar surface area (TPSA) is 26.3 Å². The molecule has 0 spiro atoms. The maximum Gasteiger partial charge on any atom is 0.161 e. The second-order valence-corrected chi connectivity index (χ2v) is 9.77. The first-order valence-corrected chi connectivity index (χ1v) is 11.0. The normalized spacial score (nSPS) is 43.1. The zero-order chi connectivity index (χ0) is 18.4. The molecule has 2 heteroatoms. The van der Waals surface area contributed by atoms with Gasteiger partial charge in [0, 0.05) is 5.41 Å². The first-order chi connectivity index (χ1) is 13.1. The Morgan fingerprint density at radius 3 is 2.67 bits per heavy atom. The Bertz CT molecular complexity index is 723. The van der Waals surface area contributed by atoms with E-state index in [1.54, 1.807) is 0 Å². The van der Waals surface area contributed by atoms with E-state index in [0.29, 0.717) is 17.8 Å². The Hall–Kier alpha value is -1.41. The molecular formula is C25H32O2. The molecule has 0 amide bonds. The Balaban J connectivity index is 1.23. The van der Waals surface area contributed by atoms with Gasteiger partial charge >= 0.3 is 0 Å². The standard InChI is InChI=1S/C25H32O2/c1-25-14-13-21-20-10-8-19(27-16-17-5-3-2-4-6-17)15-18(20)7-9-22(21)23(25)11-12-24(25)26/h2-6,11-12,18-23H,7-10,13-16H2,1H3/t18-,19-,20+,21-,22-,23+,25+/m1/s1. The van der Waals surface area contributed by atoms with Crippen molar-refractivity contribution in [1.29, 1.82) is 0 Å². The van der Waals surface area contributed by atoms with Gasteiger partial charge in [-0.25, -0.2) is 0 Å². The SMILES string of the molecule is C[C@]12CC[C@H]3[C@@H](CC[C@@H]4C[C@H](OCc5ccccc5)CC[C@@H]43)[C@@H]1C=CC2=O. The smallest absolute Gasteiger partial charge is 0.161 e. The van der Waals surface area contributed by atoms with Crippen molar-refractivity contribution in [3.63, 3.8) is 0 Å². The van der Waals surface area contributed by atoms with Gasteiger partial charge in [-0.3, -0.25) is 4.79 Å². The maximum atomic E-state index is 12.4. The van der Waals surface area contributed by atoms with Crippen molar-refractivity contribution in [3.05, 3.63) is 48.0 Å². The fourth-order valence-corrected chi connectivity index (χ4v) is 7.02. The average molecular weight is 365 g/mol. The summed E-state index contributed by atoms with van der Waals surface area (Å²) in [6.07, 6.45) is 13.4. The first-order valence-electron chi connectivity index (χ1n) is 11.0. The summed E-state index contributed by atoms with van der Waals surface area (Å²) in [5, 5.41) is 0. The lowest BCUT2D eigenvalue weighted by Gasteiger charge is -2.54. The van der Waals surface area contributed by atoms with Crippen LogP contribution in [0.5, 0.6) is 0 Å². The molecule has 4 aliphatic carbocycles. The minimum Gasteiger partial charge on any atom is -0.374 e. The lowest BCUT2D eigenvalue weighted by molar-refractivity contribution is -0.131. The highest BCUT2D eigenvalue weighted by molar-refractivity contribution is 5.97. The molecule has 0 radical (unpaired) electrons. The number of benzene rings is 1. The van der Waals surface area contributed by atoms with E-state index in [4.69, 9.17) is 4.74 Å². The summed E-state index contributed by atoms with van der Waals surface area (Å²) in [5.74, 6) is 4.20. The molecule has 27 heavy (non-hydrogen) atoms. The highest BCUT2D eigenvalue weighted by Crippen LogP contribution is 2.59. The van der Waals surface area contributed by atoms with E-state index >= 15 is 0 Å². The monoisotopic (exact) mass is 364 g/mol. The summed E-state index contributed by atoms with van der Waals surface area (Å²) < 4.78 is 6.30. The van der Waals surface area contributed by atoms with E-state index in [0.717, 1.165) is 36.7 Å². The van der Waals surface area contributed by atoms with E-state index in [2.05, 4.69) is 43.3 Å². The third kappa shape index (κ3) is 3.01. The second kappa shape index (κ2) is 6.88. The van der Waals surface area contributed by atoms with Crippen LogP contribution in [0.4, 0.5) is 0 Å². The van der Waals surface area contributed by atoms with Gasteiger partial charge in [0.25, 0.3) is 0 Å².